The molecule has 1 saturated carbocycles. The van der Waals surface area contributed by atoms with Crippen molar-refractivity contribution in [3.05, 3.63) is 63.5 Å². The summed E-state index contributed by atoms with van der Waals surface area (Å²) in [5, 5.41) is 10.4. The number of hydrogen-bond acceptors (Lipinski definition) is 4. The van der Waals surface area contributed by atoms with Crippen LogP contribution in [0.1, 0.15) is 61.5 Å². The monoisotopic (exact) mass is 424 g/mol. The number of anilines is 1. The van der Waals surface area contributed by atoms with Crippen LogP contribution in [0.4, 0.5) is 27.8 Å². The maximum Gasteiger partial charge on any atom is 0.282 e. The van der Waals surface area contributed by atoms with E-state index in [1.54, 1.807) is 0 Å². The first-order valence-electron chi connectivity index (χ1n) is 9.31. The van der Waals surface area contributed by atoms with E-state index >= 15 is 0 Å². The van der Waals surface area contributed by atoms with E-state index < -0.39 is 41.5 Å². The Morgan fingerprint density at radius 1 is 1.07 bits per heavy atom. The van der Waals surface area contributed by atoms with Gasteiger partial charge in [-0.1, -0.05) is 18.2 Å². The van der Waals surface area contributed by atoms with Crippen molar-refractivity contribution in [2.24, 2.45) is 0 Å². The van der Waals surface area contributed by atoms with Crippen LogP contribution >= 0.6 is 0 Å². The van der Waals surface area contributed by atoms with Crippen molar-refractivity contribution < 1.29 is 22.0 Å². The molecule has 0 radical (unpaired) electrons. The number of halogens is 5. The quantitative estimate of drug-likeness (QED) is 0.545. The smallest absolute Gasteiger partial charge is 0.282 e. The van der Waals surface area contributed by atoms with Gasteiger partial charge in [-0.05, 0) is 19.8 Å². The molecule has 5 nitrogen and oxygen atoms in total. The fourth-order valence-corrected chi connectivity index (χ4v) is 3.42. The van der Waals surface area contributed by atoms with Gasteiger partial charge in [-0.15, -0.1) is 10.2 Å². The first-order chi connectivity index (χ1) is 14.3. The lowest BCUT2D eigenvalue weighted by molar-refractivity contribution is 0.146. The highest BCUT2D eigenvalue weighted by molar-refractivity contribution is 5.92. The summed E-state index contributed by atoms with van der Waals surface area (Å²) in [6.07, 6.45) is -2.87. The Hall–Kier alpha value is -3.04. The maximum absolute atomic E-state index is 14.5. The Bertz CT molecular complexity index is 1160. The van der Waals surface area contributed by atoms with Crippen molar-refractivity contribution >= 4 is 16.6 Å². The van der Waals surface area contributed by atoms with Gasteiger partial charge >= 0.3 is 0 Å². The highest BCUT2D eigenvalue weighted by Gasteiger charge is 2.27. The Labute approximate surface area is 167 Å². The van der Waals surface area contributed by atoms with E-state index in [4.69, 9.17) is 0 Å². The zero-order chi connectivity index (χ0) is 21.6. The molecule has 3 aromatic rings. The first kappa shape index (κ1) is 20.2. The summed E-state index contributed by atoms with van der Waals surface area (Å²) < 4.78 is 68.7. The fraction of sp³-hybridized carbons (Fsp3) is 0.350. The molecule has 30 heavy (non-hydrogen) atoms. The molecule has 2 heterocycles. The van der Waals surface area contributed by atoms with Gasteiger partial charge in [0.1, 0.15) is 11.5 Å². The predicted molar refractivity (Wildman–Crippen MR) is 100 cm³/mol. The van der Waals surface area contributed by atoms with Crippen molar-refractivity contribution in [3.8, 4) is 0 Å². The molecular formula is C20H17F5N4O. The third kappa shape index (κ3) is 3.61. The lowest BCUT2D eigenvalue weighted by Crippen LogP contribution is -2.19. The van der Waals surface area contributed by atoms with Crippen LogP contribution in [0.3, 0.4) is 0 Å². The van der Waals surface area contributed by atoms with Gasteiger partial charge in [0.15, 0.2) is 5.82 Å². The predicted octanol–water partition coefficient (Wildman–Crippen LogP) is 5.31. The number of aromatic nitrogens is 3. The van der Waals surface area contributed by atoms with Gasteiger partial charge < -0.3 is 9.88 Å². The SMILES string of the molecule is C[C@@H](Nc1nnc(C(F)F)c2cc(=O)n(C3CC3)cc12)c1cccc(C(F)F)c1F. The van der Waals surface area contributed by atoms with Crippen molar-refractivity contribution in [3.63, 3.8) is 0 Å². The van der Waals surface area contributed by atoms with Gasteiger partial charge in [0.2, 0.25) is 0 Å². The van der Waals surface area contributed by atoms with Crippen LogP contribution < -0.4 is 10.9 Å². The second-order valence-corrected chi connectivity index (χ2v) is 7.23. The van der Waals surface area contributed by atoms with Crippen LogP contribution in [-0.2, 0) is 0 Å². The van der Waals surface area contributed by atoms with E-state index in [1.807, 2.05) is 0 Å². The molecule has 0 unspecified atom stereocenters. The van der Waals surface area contributed by atoms with E-state index in [0.29, 0.717) is 0 Å². The number of benzene rings is 1. The topological polar surface area (TPSA) is 59.8 Å². The summed E-state index contributed by atoms with van der Waals surface area (Å²) in [6, 6.07) is 3.93. The van der Waals surface area contributed by atoms with Gasteiger partial charge in [-0.3, -0.25) is 4.79 Å². The van der Waals surface area contributed by atoms with Crippen molar-refractivity contribution in [1.29, 1.82) is 0 Å². The lowest BCUT2D eigenvalue weighted by atomic mass is 10.0. The van der Waals surface area contributed by atoms with Gasteiger partial charge in [0.25, 0.3) is 18.4 Å². The number of alkyl halides is 4. The maximum atomic E-state index is 14.5. The van der Waals surface area contributed by atoms with Crippen molar-refractivity contribution in [1.82, 2.24) is 14.8 Å². The molecule has 1 aliphatic carbocycles. The highest BCUT2D eigenvalue weighted by atomic mass is 19.3. The van der Waals surface area contributed by atoms with Crippen LogP contribution in [-0.4, -0.2) is 14.8 Å². The Morgan fingerprint density at radius 3 is 2.40 bits per heavy atom. The number of fused-ring (bicyclic) bond motifs is 1. The largest absolute Gasteiger partial charge is 0.361 e. The number of nitrogens with zero attached hydrogens (tertiary/aromatic N) is 3. The minimum Gasteiger partial charge on any atom is -0.361 e. The third-order valence-electron chi connectivity index (χ3n) is 5.13. The summed E-state index contributed by atoms with van der Waals surface area (Å²) in [5.74, 6) is -0.998. The minimum absolute atomic E-state index is 0.00416. The summed E-state index contributed by atoms with van der Waals surface area (Å²) in [4.78, 5) is 12.3. The number of rotatable bonds is 6. The summed E-state index contributed by atoms with van der Waals surface area (Å²) >= 11 is 0. The lowest BCUT2D eigenvalue weighted by Gasteiger charge is -2.19. The average molecular weight is 424 g/mol. The van der Waals surface area contributed by atoms with E-state index in [9.17, 15) is 26.7 Å². The van der Waals surface area contributed by atoms with Gasteiger partial charge in [0.05, 0.1) is 11.6 Å². The summed E-state index contributed by atoms with van der Waals surface area (Å²) in [5.41, 5.74) is -1.81. The average Bonchev–Trinajstić information content (AvgIpc) is 3.52. The molecule has 0 aliphatic heterocycles. The van der Waals surface area contributed by atoms with Crippen LogP contribution in [0.15, 0.2) is 35.3 Å². The minimum atomic E-state index is -2.98. The Balaban J connectivity index is 1.79. The summed E-state index contributed by atoms with van der Waals surface area (Å²) in [6.45, 7) is 1.53. The van der Waals surface area contributed by atoms with Crippen LogP contribution in [0.25, 0.3) is 10.8 Å². The van der Waals surface area contributed by atoms with Gasteiger partial charge in [-0.25, -0.2) is 22.0 Å². The van der Waals surface area contributed by atoms with E-state index in [2.05, 4.69) is 15.5 Å². The molecule has 0 saturated heterocycles. The number of nitrogens with one attached hydrogen (secondary N) is 1. The molecule has 10 heteroatoms. The molecular weight excluding hydrogens is 407 g/mol. The molecule has 1 fully saturated rings. The van der Waals surface area contributed by atoms with E-state index in [-0.39, 0.29) is 28.2 Å². The van der Waals surface area contributed by atoms with Crippen molar-refractivity contribution in [2.75, 3.05) is 5.32 Å². The van der Waals surface area contributed by atoms with Crippen LogP contribution in [0.5, 0.6) is 0 Å². The van der Waals surface area contributed by atoms with Crippen LogP contribution in [0, 0.1) is 5.82 Å². The molecule has 0 bridgehead atoms. The fourth-order valence-electron chi connectivity index (χ4n) is 3.42. The van der Waals surface area contributed by atoms with E-state index in [0.717, 1.165) is 25.0 Å². The second kappa shape index (κ2) is 7.66. The molecule has 1 N–H and O–H groups in total. The van der Waals surface area contributed by atoms with Gasteiger partial charge in [-0.2, -0.15) is 0 Å². The molecule has 1 atom stereocenters. The molecule has 4 rings (SSSR count). The van der Waals surface area contributed by atoms with E-state index in [1.165, 1.54) is 29.8 Å². The van der Waals surface area contributed by atoms with Crippen molar-refractivity contribution in [2.45, 2.75) is 44.7 Å². The number of hydrogen-bond donors (Lipinski definition) is 1. The Morgan fingerprint density at radius 2 is 1.77 bits per heavy atom. The zero-order valence-corrected chi connectivity index (χ0v) is 15.8. The first-order valence-corrected chi connectivity index (χ1v) is 9.31. The highest BCUT2D eigenvalue weighted by Crippen LogP contribution is 2.36. The van der Waals surface area contributed by atoms with Gasteiger partial charge in [0, 0.05) is 34.6 Å². The molecule has 0 amide bonds. The molecule has 1 aliphatic rings. The normalized spacial score (nSPS) is 15.2. The molecule has 0 spiro atoms. The van der Waals surface area contributed by atoms with Crippen LogP contribution in [0.2, 0.25) is 0 Å². The third-order valence-corrected chi connectivity index (χ3v) is 5.13. The molecule has 2 aromatic heterocycles. The molecule has 158 valence electrons. The molecule has 1 aromatic carbocycles. The zero-order valence-electron chi connectivity index (χ0n) is 15.8. The second-order valence-electron chi connectivity index (χ2n) is 7.23. The number of pyridine rings is 1. The summed E-state index contributed by atoms with van der Waals surface area (Å²) in [7, 11) is 0. The Kier molecular flexibility index (Phi) is 5.17. The standard InChI is InChI=1S/C20H17F5N4O/c1-9(11-3-2-4-12(16(11)21)18(22)23)26-20-14-8-29(10-5-6-10)15(30)7-13(14)17(19(24)25)27-28-20/h2-4,7-10,18-19H,5-6H2,1H3,(H,26,28)/t9-/m1/s1.